The summed E-state index contributed by atoms with van der Waals surface area (Å²) in [5, 5.41) is 22.9. The molecule has 0 aliphatic heterocycles. The number of hydrogen-bond donors (Lipinski definition) is 3. The summed E-state index contributed by atoms with van der Waals surface area (Å²) in [4.78, 5) is 12.4. The van der Waals surface area contributed by atoms with Crippen molar-refractivity contribution in [3.05, 3.63) is 97.2 Å². The first kappa shape index (κ1) is 60.3. The lowest BCUT2D eigenvalue weighted by molar-refractivity contribution is -0.123. The average Bonchev–Trinajstić information content (AvgIpc) is 3.29. The third-order valence-electron chi connectivity index (χ3n) is 11.8. The largest absolute Gasteiger partial charge is 0.394 e. The number of aliphatic hydroxyl groups is 2. The Morgan fingerprint density at radius 3 is 1.05 bits per heavy atom. The van der Waals surface area contributed by atoms with Crippen LogP contribution in [0.5, 0.6) is 0 Å². The molecule has 63 heavy (non-hydrogen) atoms. The second-order valence-electron chi connectivity index (χ2n) is 17.9. The van der Waals surface area contributed by atoms with Gasteiger partial charge in [-0.05, 0) is 83.5 Å². The molecule has 362 valence electrons. The van der Waals surface area contributed by atoms with Gasteiger partial charge in [0.05, 0.1) is 18.8 Å². The van der Waals surface area contributed by atoms with Crippen LogP contribution in [0, 0.1) is 0 Å². The number of hydrogen-bond acceptors (Lipinski definition) is 3. The van der Waals surface area contributed by atoms with Crippen LogP contribution in [0.4, 0.5) is 0 Å². The Morgan fingerprint density at radius 2 is 0.667 bits per heavy atom. The molecule has 0 saturated heterocycles. The van der Waals surface area contributed by atoms with Crippen LogP contribution < -0.4 is 5.32 Å². The van der Waals surface area contributed by atoms with E-state index in [1.165, 1.54) is 154 Å². The standard InChI is InChI=1S/C59H103NO3/c1-3-5-7-9-11-13-15-16-17-18-19-20-21-22-23-24-25-26-27-28-29-30-31-32-33-34-35-36-37-38-39-40-41-42-43-44-45-47-49-51-53-55-59(63)60-57(56-61)58(62)54-52-50-48-46-14-12-10-8-6-4-2/h5-8,11,13-14,16-17,19-20,22-23,46,52,54,57-58,61-62H,3-4,9-10,12,15,18,21,24-45,47-51,53,55-56H2,1-2H3,(H,60,63)/b7-5-,8-6+,13-11-,17-16-,20-19-,23-22-,46-14+,54-52+. The van der Waals surface area contributed by atoms with Gasteiger partial charge in [-0.25, -0.2) is 0 Å². The molecule has 2 unspecified atom stereocenters. The van der Waals surface area contributed by atoms with Gasteiger partial charge >= 0.3 is 0 Å². The number of allylic oxidation sites excluding steroid dienone is 15. The number of unbranched alkanes of at least 4 members (excludes halogenated alkanes) is 27. The van der Waals surface area contributed by atoms with Gasteiger partial charge in [-0.15, -0.1) is 0 Å². The fourth-order valence-corrected chi connectivity index (χ4v) is 7.78. The predicted octanol–water partition coefficient (Wildman–Crippen LogP) is 17.7. The second-order valence-corrected chi connectivity index (χ2v) is 17.9. The molecule has 0 heterocycles. The van der Waals surface area contributed by atoms with E-state index in [0.29, 0.717) is 6.42 Å². The lowest BCUT2D eigenvalue weighted by atomic mass is 10.0. The van der Waals surface area contributed by atoms with E-state index in [4.69, 9.17) is 0 Å². The zero-order valence-electron chi connectivity index (χ0n) is 41.6. The van der Waals surface area contributed by atoms with Crippen LogP contribution in [0.1, 0.15) is 251 Å². The van der Waals surface area contributed by atoms with Crippen molar-refractivity contribution in [2.75, 3.05) is 6.61 Å². The molecule has 4 heteroatoms. The van der Waals surface area contributed by atoms with Gasteiger partial charge in [-0.1, -0.05) is 259 Å². The lowest BCUT2D eigenvalue weighted by Gasteiger charge is -2.19. The van der Waals surface area contributed by atoms with Crippen LogP contribution in [0.15, 0.2) is 97.2 Å². The minimum absolute atomic E-state index is 0.0798. The molecule has 0 aromatic rings. The SMILES string of the molecule is CC/C=C\C/C=C\C/C=C\C/C=C\C/C=C\CCCCCCCCCCCCCCCCCCCCCCCCCCCC(=O)NC(CO)C(O)/C=C/CC/C=C/CC/C=C/CC. The third-order valence-corrected chi connectivity index (χ3v) is 11.8. The van der Waals surface area contributed by atoms with E-state index in [9.17, 15) is 15.0 Å². The molecule has 1 amide bonds. The molecular formula is C59H103NO3. The van der Waals surface area contributed by atoms with Crippen LogP contribution in [-0.4, -0.2) is 34.9 Å². The normalized spacial score (nSPS) is 13.7. The number of aliphatic hydroxyl groups excluding tert-OH is 2. The molecule has 0 fully saturated rings. The van der Waals surface area contributed by atoms with E-state index in [0.717, 1.165) is 77.0 Å². The van der Waals surface area contributed by atoms with E-state index < -0.39 is 12.1 Å². The van der Waals surface area contributed by atoms with E-state index in [-0.39, 0.29) is 12.5 Å². The van der Waals surface area contributed by atoms with Crippen molar-refractivity contribution in [3.63, 3.8) is 0 Å². The monoisotopic (exact) mass is 874 g/mol. The summed E-state index contributed by atoms with van der Waals surface area (Å²) >= 11 is 0. The topological polar surface area (TPSA) is 69.6 Å². The van der Waals surface area contributed by atoms with Crippen LogP contribution in [0.2, 0.25) is 0 Å². The Balaban J connectivity index is 3.40. The quantitative estimate of drug-likeness (QED) is 0.0421. The molecule has 0 spiro atoms. The van der Waals surface area contributed by atoms with Crippen LogP contribution in [0.25, 0.3) is 0 Å². The zero-order chi connectivity index (χ0) is 45.6. The molecule has 3 N–H and O–H groups in total. The molecule has 0 rings (SSSR count). The van der Waals surface area contributed by atoms with E-state index in [1.807, 2.05) is 6.08 Å². The van der Waals surface area contributed by atoms with E-state index in [2.05, 4.69) is 104 Å². The Hall–Kier alpha value is -2.69. The highest BCUT2D eigenvalue weighted by Crippen LogP contribution is 2.16. The lowest BCUT2D eigenvalue weighted by Crippen LogP contribution is -2.45. The summed E-state index contributed by atoms with van der Waals surface area (Å²) in [6.45, 7) is 4.05. The van der Waals surface area contributed by atoms with Crippen molar-refractivity contribution in [3.8, 4) is 0 Å². The Labute approximate surface area is 392 Å². The average molecular weight is 874 g/mol. The summed E-state index contributed by atoms with van der Waals surface area (Å²) in [5.41, 5.74) is 0. The van der Waals surface area contributed by atoms with E-state index in [1.54, 1.807) is 6.08 Å². The fourth-order valence-electron chi connectivity index (χ4n) is 7.78. The van der Waals surface area contributed by atoms with Crippen molar-refractivity contribution in [1.82, 2.24) is 5.32 Å². The van der Waals surface area contributed by atoms with Crippen molar-refractivity contribution in [2.45, 2.75) is 264 Å². The number of carbonyl (C=O) groups is 1. The molecule has 0 radical (unpaired) electrons. The molecule has 0 aliphatic rings. The zero-order valence-corrected chi connectivity index (χ0v) is 41.6. The van der Waals surface area contributed by atoms with Gasteiger partial charge < -0.3 is 15.5 Å². The fraction of sp³-hybridized carbons (Fsp3) is 0.712. The molecule has 0 bridgehead atoms. The number of rotatable bonds is 48. The minimum atomic E-state index is -0.870. The maximum absolute atomic E-state index is 12.4. The van der Waals surface area contributed by atoms with Gasteiger partial charge in [0.1, 0.15) is 0 Å². The minimum Gasteiger partial charge on any atom is -0.394 e. The van der Waals surface area contributed by atoms with E-state index >= 15 is 0 Å². The summed E-state index contributed by atoms with van der Waals surface area (Å²) in [5.74, 6) is -0.0798. The first-order valence-electron chi connectivity index (χ1n) is 27.0. The van der Waals surface area contributed by atoms with Gasteiger partial charge in [0.2, 0.25) is 5.91 Å². The van der Waals surface area contributed by atoms with Crippen LogP contribution >= 0.6 is 0 Å². The van der Waals surface area contributed by atoms with Crippen molar-refractivity contribution < 1.29 is 15.0 Å². The van der Waals surface area contributed by atoms with Gasteiger partial charge in [0.15, 0.2) is 0 Å². The van der Waals surface area contributed by atoms with Gasteiger partial charge in [0, 0.05) is 6.42 Å². The summed E-state index contributed by atoms with van der Waals surface area (Å²) < 4.78 is 0. The van der Waals surface area contributed by atoms with Gasteiger partial charge in [-0.3, -0.25) is 4.79 Å². The Kier molecular flexibility index (Phi) is 51.4. The van der Waals surface area contributed by atoms with Crippen molar-refractivity contribution in [2.24, 2.45) is 0 Å². The first-order valence-corrected chi connectivity index (χ1v) is 27.0. The van der Waals surface area contributed by atoms with Crippen LogP contribution in [0.3, 0.4) is 0 Å². The maximum atomic E-state index is 12.4. The highest BCUT2D eigenvalue weighted by Gasteiger charge is 2.17. The highest BCUT2D eigenvalue weighted by molar-refractivity contribution is 5.76. The summed E-state index contributed by atoms with van der Waals surface area (Å²) in [6.07, 6.45) is 80.2. The van der Waals surface area contributed by atoms with Crippen molar-refractivity contribution in [1.29, 1.82) is 0 Å². The van der Waals surface area contributed by atoms with Gasteiger partial charge in [-0.2, -0.15) is 0 Å². The Morgan fingerprint density at radius 1 is 0.381 bits per heavy atom. The van der Waals surface area contributed by atoms with Gasteiger partial charge in [0.25, 0.3) is 0 Å². The predicted molar refractivity (Wildman–Crippen MR) is 280 cm³/mol. The van der Waals surface area contributed by atoms with Crippen LogP contribution in [-0.2, 0) is 4.79 Å². The second kappa shape index (κ2) is 53.6. The number of amides is 1. The number of carbonyl (C=O) groups excluding carboxylic acids is 1. The molecule has 2 atom stereocenters. The number of nitrogens with one attached hydrogen (secondary N) is 1. The molecule has 0 aliphatic carbocycles. The molecule has 0 saturated carbocycles. The third kappa shape index (κ3) is 50.2. The molecular weight excluding hydrogens is 771 g/mol. The Bertz CT molecular complexity index is 1170. The maximum Gasteiger partial charge on any atom is 0.220 e. The summed E-state index contributed by atoms with van der Waals surface area (Å²) in [6, 6.07) is -0.645. The molecule has 4 nitrogen and oxygen atoms in total. The van der Waals surface area contributed by atoms with Crippen molar-refractivity contribution >= 4 is 5.91 Å². The summed E-state index contributed by atoms with van der Waals surface area (Å²) in [7, 11) is 0. The molecule has 0 aromatic heterocycles. The smallest absolute Gasteiger partial charge is 0.220 e. The molecule has 0 aromatic carbocycles. The first-order chi connectivity index (χ1) is 31.2. The highest BCUT2D eigenvalue weighted by atomic mass is 16.3.